The number of fused-ring (bicyclic) bond motifs is 7. The fourth-order valence-corrected chi connectivity index (χ4v) is 7.53. The molecule has 1 saturated heterocycles. The lowest BCUT2D eigenvalue weighted by atomic mass is 9.45. The molecule has 9 atom stereocenters. The second kappa shape index (κ2) is 4.06. The third kappa shape index (κ3) is 1.62. The summed E-state index contributed by atoms with van der Waals surface area (Å²) < 4.78 is 5.92. The molecule has 4 saturated carbocycles. The van der Waals surface area contributed by atoms with Crippen LogP contribution < -0.4 is 0 Å². The number of epoxide rings is 1. The van der Waals surface area contributed by atoms with E-state index in [0.29, 0.717) is 23.0 Å². The Labute approximate surface area is 128 Å². The monoisotopic (exact) mass is 290 g/mol. The van der Waals surface area contributed by atoms with E-state index in [1.807, 2.05) is 0 Å². The molecule has 118 valence electrons. The summed E-state index contributed by atoms with van der Waals surface area (Å²) >= 11 is 0. The zero-order chi connectivity index (χ0) is 14.4. The van der Waals surface area contributed by atoms with E-state index in [4.69, 9.17) is 4.74 Å². The first-order valence-corrected chi connectivity index (χ1v) is 9.36. The molecular formula is C19H30O2. The van der Waals surface area contributed by atoms with E-state index in [1.165, 1.54) is 38.5 Å². The number of hydrogen-bond acceptors (Lipinski definition) is 2. The van der Waals surface area contributed by atoms with Gasteiger partial charge in [0.15, 0.2) is 0 Å². The Balaban J connectivity index is 1.46. The van der Waals surface area contributed by atoms with Gasteiger partial charge in [-0.25, -0.2) is 0 Å². The van der Waals surface area contributed by atoms with E-state index in [-0.39, 0.29) is 6.10 Å². The third-order valence-electron chi connectivity index (χ3n) is 8.79. The minimum atomic E-state index is -0.0130. The molecule has 21 heavy (non-hydrogen) atoms. The smallest absolute Gasteiger partial charge is 0.0898 e. The molecule has 0 aromatic rings. The molecular weight excluding hydrogens is 260 g/mol. The highest BCUT2D eigenvalue weighted by Gasteiger charge is 2.68. The topological polar surface area (TPSA) is 32.8 Å². The van der Waals surface area contributed by atoms with Gasteiger partial charge in [0.25, 0.3) is 0 Å². The van der Waals surface area contributed by atoms with Crippen molar-refractivity contribution in [2.45, 2.75) is 83.5 Å². The van der Waals surface area contributed by atoms with Crippen LogP contribution in [0.1, 0.15) is 65.2 Å². The molecule has 5 aliphatic rings. The Bertz CT molecular complexity index is 462. The van der Waals surface area contributed by atoms with Crippen LogP contribution in [0.2, 0.25) is 0 Å². The van der Waals surface area contributed by atoms with Crippen molar-refractivity contribution in [2.24, 2.45) is 34.5 Å². The van der Waals surface area contributed by atoms with Gasteiger partial charge in [-0.15, -0.1) is 0 Å². The van der Waals surface area contributed by atoms with Gasteiger partial charge in [0.1, 0.15) is 0 Å². The molecule has 0 amide bonds. The second-order valence-electron chi connectivity index (χ2n) is 9.46. The van der Waals surface area contributed by atoms with Gasteiger partial charge in [-0.05, 0) is 85.9 Å². The first-order valence-electron chi connectivity index (χ1n) is 9.36. The van der Waals surface area contributed by atoms with Crippen LogP contribution in [0.3, 0.4) is 0 Å². The second-order valence-corrected chi connectivity index (χ2v) is 9.46. The van der Waals surface area contributed by atoms with E-state index >= 15 is 0 Å². The van der Waals surface area contributed by atoms with Crippen molar-refractivity contribution in [3.63, 3.8) is 0 Å². The van der Waals surface area contributed by atoms with Crippen LogP contribution in [-0.2, 0) is 4.74 Å². The fourth-order valence-electron chi connectivity index (χ4n) is 7.53. The molecule has 1 N–H and O–H groups in total. The van der Waals surface area contributed by atoms with E-state index in [0.717, 1.165) is 36.5 Å². The van der Waals surface area contributed by atoms with Gasteiger partial charge in [0.05, 0.1) is 18.3 Å². The highest BCUT2D eigenvalue weighted by molar-refractivity contribution is 5.16. The van der Waals surface area contributed by atoms with Crippen LogP contribution in [0.25, 0.3) is 0 Å². The number of aliphatic hydroxyl groups excluding tert-OH is 1. The molecule has 1 heterocycles. The summed E-state index contributed by atoms with van der Waals surface area (Å²) in [6.07, 6.45) is 11.6. The molecule has 0 radical (unpaired) electrons. The van der Waals surface area contributed by atoms with Crippen LogP contribution in [-0.4, -0.2) is 23.4 Å². The predicted molar refractivity (Wildman–Crippen MR) is 81.8 cm³/mol. The van der Waals surface area contributed by atoms with Crippen LogP contribution >= 0.6 is 0 Å². The van der Waals surface area contributed by atoms with Gasteiger partial charge in [-0.2, -0.15) is 0 Å². The summed E-state index contributed by atoms with van der Waals surface area (Å²) in [6.45, 7) is 5.11. The Kier molecular flexibility index (Phi) is 2.58. The van der Waals surface area contributed by atoms with Gasteiger partial charge < -0.3 is 9.84 Å². The largest absolute Gasteiger partial charge is 0.393 e. The number of rotatable bonds is 0. The van der Waals surface area contributed by atoms with Crippen molar-refractivity contribution in [3.05, 3.63) is 0 Å². The van der Waals surface area contributed by atoms with Crippen LogP contribution in [0.4, 0.5) is 0 Å². The van der Waals surface area contributed by atoms with Gasteiger partial charge in [0, 0.05) is 0 Å². The van der Waals surface area contributed by atoms with Gasteiger partial charge in [-0.1, -0.05) is 13.8 Å². The summed E-state index contributed by atoms with van der Waals surface area (Å²) in [7, 11) is 0. The molecule has 0 unspecified atom stereocenters. The van der Waals surface area contributed by atoms with Crippen molar-refractivity contribution >= 4 is 0 Å². The first-order chi connectivity index (χ1) is 10.0. The van der Waals surface area contributed by atoms with Gasteiger partial charge in [-0.3, -0.25) is 0 Å². The SMILES string of the molecule is C[C@]12CC[C@H](O)C[C@@H]1CC[C@@H]1[C@@H]2CC[C@]2(C)[C@@H]3O[C@@H]3C[C@@H]12. The van der Waals surface area contributed by atoms with Gasteiger partial charge in [0.2, 0.25) is 0 Å². The molecule has 5 fully saturated rings. The summed E-state index contributed by atoms with van der Waals surface area (Å²) in [4.78, 5) is 0. The Morgan fingerprint density at radius 1 is 0.905 bits per heavy atom. The molecule has 5 rings (SSSR count). The average molecular weight is 290 g/mol. The van der Waals surface area contributed by atoms with Gasteiger partial charge >= 0.3 is 0 Å². The summed E-state index contributed by atoms with van der Waals surface area (Å²) in [5, 5.41) is 10.1. The maximum absolute atomic E-state index is 10.1. The minimum absolute atomic E-state index is 0.0130. The molecule has 2 heteroatoms. The van der Waals surface area contributed by atoms with Crippen molar-refractivity contribution < 1.29 is 9.84 Å². The zero-order valence-electron chi connectivity index (χ0n) is 13.6. The van der Waals surface area contributed by atoms with E-state index in [1.54, 1.807) is 0 Å². The zero-order valence-corrected chi connectivity index (χ0v) is 13.6. The van der Waals surface area contributed by atoms with E-state index < -0.39 is 0 Å². The maximum Gasteiger partial charge on any atom is 0.0898 e. The van der Waals surface area contributed by atoms with Crippen LogP contribution in [0, 0.1) is 34.5 Å². The average Bonchev–Trinajstić information content (AvgIpc) is 3.17. The standard InChI is InChI=1S/C19H30O2/c1-18-7-5-12(20)9-11(18)3-4-13-14(18)6-8-19(2)15(13)10-16-17(19)21-16/h11-17,20H,3-10H2,1-2H3/t11-,12-,13+,14-,15-,16+,17+,18-,19-/m0/s1. The maximum atomic E-state index is 10.1. The molecule has 2 nitrogen and oxygen atoms in total. The van der Waals surface area contributed by atoms with Crippen molar-refractivity contribution in [2.75, 3.05) is 0 Å². The Hall–Kier alpha value is -0.0800. The van der Waals surface area contributed by atoms with Crippen molar-refractivity contribution in [3.8, 4) is 0 Å². The lowest BCUT2D eigenvalue weighted by Crippen LogP contribution is -2.54. The summed E-state index contributed by atoms with van der Waals surface area (Å²) in [6, 6.07) is 0. The molecule has 4 aliphatic carbocycles. The third-order valence-corrected chi connectivity index (χ3v) is 8.79. The molecule has 0 aromatic heterocycles. The summed E-state index contributed by atoms with van der Waals surface area (Å²) in [5.41, 5.74) is 1.03. The molecule has 1 aliphatic heterocycles. The summed E-state index contributed by atoms with van der Waals surface area (Å²) in [5.74, 6) is 3.61. The van der Waals surface area contributed by atoms with Crippen LogP contribution in [0.5, 0.6) is 0 Å². The molecule has 0 spiro atoms. The van der Waals surface area contributed by atoms with Crippen LogP contribution in [0.15, 0.2) is 0 Å². The number of hydrogen-bond donors (Lipinski definition) is 1. The highest BCUT2D eigenvalue weighted by Crippen LogP contribution is 2.69. The number of ether oxygens (including phenoxy) is 1. The Morgan fingerprint density at radius 3 is 2.57 bits per heavy atom. The highest BCUT2D eigenvalue weighted by atomic mass is 16.6. The minimum Gasteiger partial charge on any atom is -0.393 e. The normalized spacial score (nSPS) is 65.0. The quantitative estimate of drug-likeness (QED) is 0.689. The fraction of sp³-hybridized carbons (Fsp3) is 1.00. The predicted octanol–water partition coefficient (Wildman–Crippen LogP) is 3.77. The van der Waals surface area contributed by atoms with E-state index in [9.17, 15) is 5.11 Å². The molecule has 0 bridgehead atoms. The van der Waals surface area contributed by atoms with Crippen molar-refractivity contribution in [1.82, 2.24) is 0 Å². The lowest BCUT2D eigenvalue weighted by Gasteiger charge is -2.60. The first kappa shape index (κ1) is 13.4. The van der Waals surface area contributed by atoms with E-state index in [2.05, 4.69) is 13.8 Å². The lowest BCUT2D eigenvalue weighted by molar-refractivity contribution is -0.131. The van der Waals surface area contributed by atoms with Crippen molar-refractivity contribution in [1.29, 1.82) is 0 Å². The number of aliphatic hydroxyl groups is 1. The Morgan fingerprint density at radius 2 is 1.71 bits per heavy atom. The molecule has 0 aromatic carbocycles.